The topological polar surface area (TPSA) is 15.3 Å². The molecule has 0 saturated heterocycles. The highest BCUT2D eigenvalue weighted by atomic mass is 35.5. The third-order valence-corrected chi connectivity index (χ3v) is 4.79. The Balaban J connectivity index is 0. The first-order valence-corrected chi connectivity index (χ1v) is 11.0. The van der Waals surface area contributed by atoms with E-state index in [1.165, 1.54) is 89.9 Å². The van der Waals surface area contributed by atoms with Gasteiger partial charge in [0, 0.05) is 19.6 Å². The minimum Gasteiger partial charge on any atom is -0.255 e. The number of nitrogens with one attached hydrogen (secondary N) is 1. The van der Waals surface area contributed by atoms with Gasteiger partial charge in [-0.15, -0.1) is 12.4 Å². The van der Waals surface area contributed by atoms with Crippen LogP contribution >= 0.6 is 12.4 Å². The van der Waals surface area contributed by atoms with E-state index in [-0.39, 0.29) is 12.4 Å². The first kappa shape index (κ1) is 27.2. The van der Waals surface area contributed by atoms with Crippen LogP contribution in [0.5, 0.6) is 0 Å². The summed E-state index contributed by atoms with van der Waals surface area (Å²) in [5.74, 6) is 0. The van der Waals surface area contributed by atoms with Crippen molar-refractivity contribution in [3.05, 3.63) is 12.2 Å². The van der Waals surface area contributed by atoms with Crippen molar-refractivity contribution in [1.82, 2.24) is 10.4 Å². The quantitative estimate of drug-likeness (QED) is 0.145. The van der Waals surface area contributed by atoms with Crippen LogP contribution in [0, 0.1) is 0 Å². The summed E-state index contributed by atoms with van der Waals surface area (Å²) in [7, 11) is 0. The maximum Gasteiger partial charge on any atom is 0.0102 e. The number of hydrogen-bond acceptors (Lipinski definition) is 2. The van der Waals surface area contributed by atoms with Crippen LogP contribution in [0.4, 0.5) is 0 Å². The summed E-state index contributed by atoms with van der Waals surface area (Å²) in [6, 6.07) is 0. The number of hydrogen-bond donors (Lipinski definition) is 1. The van der Waals surface area contributed by atoms with E-state index in [0.717, 1.165) is 19.6 Å². The van der Waals surface area contributed by atoms with Crippen molar-refractivity contribution in [2.75, 3.05) is 19.6 Å². The van der Waals surface area contributed by atoms with Crippen molar-refractivity contribution in [3.8, 4) is 0 Å². The molecule has 0 spiro atoms. The van der Waals surface area contributed by atoms with Gasteiger partial charge in [-0.3, -0.25) is 5.43 Å². The molecule has 0 radical (unpaired) electrons. The Labute approximate surface area is 165 Å². The molecule has 0 unspecified atom stereocenters. The van der Waals surface area contributed by atoms with Gasteiger partial charge in [-0.05, 0) is 32.1 Å². The van der Waals surface area contributed by atoms with Gasteiger partial charge in [0.2, 0.25) is 0 Å². The summed E-state index contributed by atoms with van der Waals surface area (Å²) in [5, 5.41) is 2.29. The molecule has 2 nitrogen and oxygen atoms in total. The molecule has 0 rings (SSSR count). The van der Waals surface area contributed by atoms with Crippen LogP contribution in [0.3, 0.4) is 0 Å². The summed E-state index contributed by atoms with van der Waals surface area (Å²) < 4.78 is 0. The van der Waals surface area contributed by atoms with E-state index in [2.05, 4.69) is 43.4 Å². The average Bonchev–Trinajstić information content (AvgIpc) is 2.61. The van der Waals surface area contributed by atoms with Gasteiger partial charge in [-0.25, -0.2) is 5.01 Å². The maximum absolute atomic E-state index is 3.49. The Hall–Kier alpha value is -0.0500. The van der Waals surface area contributed by atoms with Crippen LogP contribution in [0.15, 0.2) is 12.2 Å². The monoisotopic (exact) mass is 374 g/mol. The van der Waals surface area contributed by atoms with E-state index in [0.29, 0.717) is 0 Å². The molecule has 0 aliphatic rings. The van der Waals surface area contributed by atoms with Crippen molar-refractivity contribution >= 4 is 12.4 Å². The number of hydrazine groups is 1. The second-order valence-corrected chi connectivity index (χ2v) is 7.02. The van der Waals surface area contributed by atoms with Crippen LogP contribution < -0.4 is 5.43 Å². The molecule has 0 aliphatic heterocycles. The van der Waals surface area contributed by atoms with Crippen LogP contribution in [0.2, 0.25) is 0 Å². The fraction of sp³-hybridized carbons (Fsp3) is 0.909. The minimum absolute atomic E-state index is 0. The molecule has 0 heterocycles. The molecule has 0 aromatic heterocycles. The van der Waals surface area contributed by atoms with E-state index < -0.39 is 0 Å². The third-order valence-electron chi connectivity index (χ3n) is 4.79. The molecular formula is C22H47ClN2. The molecule has 0 fully saturated rings. The fourth-order valence-corrected chi connectivity index (χ4v) is 3.06. The van der Waals surface area contributed by atoms with Crippen molar-refractivity contribution in [2.24, 2.45) is 0 Å². The van der Waals surface area contributed by atoms with Crippen molar-refractivity contribution in [3.63, 3.8) is 0 Å². The van der Waals surface area contributed by atoms with Crippen LogP contribution in [-0.2, 0) is 0 Å². The number of nitrogens with zero attached hydrogens (tertiary/aromatic N) is 1. The Kier molecular flexibility index (Phi) is 26.0. The molecule has 3 heteroatoms. The molecule has 25 heavy (non-hydrogen) atoms. The Morgan fingerprint density at radius 1 is 0.600 bits per heavy atom. The summed E-state index contributed by atoms with van der Waals surface area (Å²) in [6.45, 7) is 10.0. The second kappa shape index (κ2) is 23.9. The predicted octanol–water partition coefficient (Wildman–Crippen LogP) is 7.29. The molecule has 152 valence electrons. The van der Waals surface area contributed by atoms with Crippen LogP contribution in [-0.4, -0.2) is 24.6 Å². The van der Waals surface area contributed by atoms with Gasteiger partial charge in [0.05, 0.1) is 0 Å². The lowest BCUT2D eigenvalue weighted by Gasteiger charge is -2.19. The van der Waals surface area contributed by atoms with Crippen molar-refractivity contribution in [1.29, 1.82) is 0 Å². The lowest BCUT2D eigenvalue weighted by Crippen LogP contribution is -2.38. The van der Waals surface area contributed by atoms with E-state index >= 15 is 0 Å². The lowest BCUT2D eigenvalue weighted by atomic mass is 10.1. The zero-order valence-electron chi connectivity index (χ0n) is 17.5. The summed E-state index contributed by atoms with van der Waals surface area (Å²) in [4.78, 5) is 0. The van der Waals surface area contributed by atoms with Gasteiger partial charge in [-0.2, -0.15) is 0 Å². The highest BCUT2D eigenvalue weighted by Gasteiger charge is 1.96. The lowest BCUT2D eigenvalue weighted by molar-refractivity contribution is 0.207. The van der Waals surface area contributed by atoms with Gasteiger partial charge in [-0.1, -0.05) is 90.7 Å². The smallest absolute Gasteiger partial charge is 0.0102 e. The minimum atomic E-state index is 0. The Bertz CT molecular complexity index is 252. The second-order valence-electron chi connectivity index (χ2n) is 7.02. The van der Waals surface area contributed by atoms with E-state index in [4.69, 9.17) is 0 Å². The molecule has 0 bridgehead atoms. The van der Waals surface area contributed by atoms with Gasteiger partial charge < -0.3 is 0 Å². The van der Waals surface area contributed by atoms with Crippen LogP contribution in [0.1, 0.15) is 111 Å². The highest BCUT2D eigenvalue weighted by Crippen LogP contribution is 2.09. The van der Waals surface area contributed by atoms with E-state index in [9.17, 15) is 0 Å². The third kappa shape index (κ3) is 21.9. The zero-order valence-corrected chi connectivity index (χ0v) is 18.3. The standard InChI is InChI=1S/C22H46N2.ClH/c1-4-7-8-9-10-11-12-13-14-15-16-17-18-19-20-21-22-23-24(5-2)6-3;/h13-14,23H,4-12,15-22H2,1-3H3;1H/b14-13-;. The number of allylic oxidation sites excluding steroid dienone is 2. The molecule has 1 N–H and O–H groups in total. The van der Waals surface area contributed by atoms with Gasteiger partial charge in [0.1, 0.15) is 0 Å². The summed E-state index contributed by atoms with van der Waals surface area (Å²) >= 11 is 0. The van der Waals surface area contributed by atoms with E-state index in [1.807, 2.05) is 0 Å². The predicted molar refractivity (Wildman–Crippen MR) is 118 cm³/mol. The molecular weight excluding hydrogens is 328 g/mol. The van der Waals surface area contributed by atoms with E-state index in [1.54, 1.807) is 0 Å². The Morgan fingerprint density at radius 2 is 1.04 bits per heavy atom. The largest absolute Gasteiger partial charge is 0.255 e. The highest BCUT2D eigenvalue weighted by molar-refractivity contribution is 5.85. The summed E-state index contributed by atoms with van der Waals surface area (Å²) in [5.41, 5.74) is 3.49. The molecule has 0 saturated carbocycles. The first-order chi connectivity index (χ1) is 11.8. The molecule has 0 aromatic carbocycles. The molecule has 0 amide bonds. The zero-order chi connectivity index (χ0) is 17.7. The van der Waals surface area contributed by atoms with Gasteiger partial charge in [0.25, 0.3) is 0 Å². The normalized spacial score (nSPS) is 11.4. The van der Waals surface area contributed by atoms with Crippen molar-refractivity contribution in [2.45, 2.75) is 111 Å². The van der Waals surface area contributed by atoms with Gasteiger partial charge in [0.15, 0.2) is 0 Å². The van der Waals surface area contributed by atoms with Gasteiger partial charge >= 0.3 is 0 Å². The SMILES string of the molecule is CCCCCCCC/C=C\CCCCCCCCNN(CC)CC.Cl. The molecule has 0 aliphatic carbocycles. The Morgan fingerprint density at radius 3 is 1.52 bits per heavy atom. The van der Waals surface area contributed by atoms with Crippen molar-refractivity contribution < 1.29 is 0 Å². The maximum atomic E-state index is 3.49. The number of unbranched alkanes of at least 4 members (excludes halogenated alkanes) is 12. The molecule has 0 aromatic rings. The fourth-order valence-electron chi connectivity index (χ4n) is 3.06. The summed E-state index contributed by atoms with van der Waals surface area (Å²) in [6.07, 6.45) is 24.2. The number of rotatable bonds is 19. The number of halogens is 1. The molecule has 0 atom stereocenters. The first-order valence-electron chi connectivity index (χ1n) is 11.0. The average molecular weight is 375 g/mol. The van der Waals surface area contributed by atoms with Crippen LogP contribution in [0.25, 0.3) is 0 Å².